The lowest BCUT2D eigenvalue weighted by Gasteiger charge is -2.22. The zero-order valence-corrected chi connectivity index (χ0v) is 13.0. The largest absolute Gasteiger partial charge is 0.388 e. The molecule has 0 aliphatic carbocycles. The van der Waals surface area contributed by atoms with E-state index in [4.69, 9.17) is 11.6 Å². The summed E-state index contributed by atoms with van der Waals surface area (Å²) in [6.07, 6.45) is 3.76. The first-order chi connectivity index (χ1) is 10.2. The fraction of sp³-hybridized carbons (Fsp3) is 0.353. The minimum atomic E-state index is -0.523. The Morgan fingerprint density at radius 1 is 1.19 bits per heavy atom. The maximum atomic E-state index is 10.3. The van der Waals surface area contributed by atoms with E-state index >= 15 is 0 Å². The van der Waals surface area contributed by atoms with E-state index in [9.17, 15) is 5.11 Å². The molecule has 0 aliphatic rings. The van der Waals surface area contributed by atoms with Crippen molar-refractivity contribution < 1.29 is 5.11 Å². The van der Waals surface area contributed by atoms with Crippen LogP contribution in [-0.2, 0) is 6.54 Å². The number of nitrogens with zero attached hydrogens (tertiary/aromatic N) is 2. The summed E-state index contributed by atoms with van der Waals surface area (Å²) in [6.45, 7) is 4.76. The number of rotatable bonds is 7. The van der Waals surface area contributed by atoms with Gasteiger partial charge in [0.25, 0.3) is 0 Å². The predicted molar refractivity (Wildman–Crippen MR) is 86.2 cm³/mol. The summed E-state index contributed by atoms with van der Waals surface area (Å²) in [5.41, 5.74) is 2.04. The number of benzene rings is 1. The summed E-state index contributed by atoms with van der Waals surface area (Å²) in [6, 6.07) is 11.5. The first-order valence-electron chi connectivity index (χ1n) is 7.24. The zero-order chi connectivity index (χ0) is 15.1. The summed E-state index contributed by atoms with van der Waals surface area (Å²) in [7, 11) is 0. The molecule has 3 nitrogen and oxygen atoms in total. The molecule has 1 atom stereocenters. The fourth-order valence-corrected chi connectivity index (χ4v) is 2.56. The van der Waals surface area contributed by atoms with E-state index in [1.165, 1.54) is 5.56 Å². The smallest absolute Gasteiger partial charge is 0.0816 e. The Morgan fingerprint density at radius 3 is 2.57 bits per heavy atom. The number of aliphatic hydroxyl groups is 1. The van der Waals surface area contributed by atoms with Crippen LogP contribution in [0.2, 0.25) is 5.02 Å². The van der Waals surface area contributed by atoms with E-state index in [0.29, 0.717) is 11.4 Å². The van der Waals surface area contributed by atoms with E-state index in [0.717, 1.165) is 25.2 Å². The molecule has 2 aromatic rings. The molecule has 1 aromatic heterocycles. The molecule has 0 bridgehead atoms. The van der Waals surface area contributed by atoms with Crippen LogP contribution >= 0.6 is 11.6 Å². The SMILES string of the molecule is CCN(CCC(O)c1ccccc1Cl)Cc1ccncc1. The van der Waals surface area contributed by atoms with Crippen molar-refractivity contribution in [2.75, 3.05) is 13.1 Å². The van der Waals surface area contributed by atoms with Crippen molar-refractivity contribution in [1.82, 2.24) is 9.88 Å². The van der Waals surface area contributed by atoms with Gasteiger partial charge in [0.2, 0.25) is 0 Å². The first-order valence-corrected chi connectivity index (χ1v) is 7.62. The second-order valence-corrected chi connectivity index (χ2v) is 5.46. The highest BCUT2D eigenvalue weighted by molar-refractivity contribution is 6.31. The Balaban J connectivity index is 1.90. The van der Waals surface area contributed by atoms with Crippen LogP contribution in [0.15, 0.2) is 48.8 Å². The van der Waals surface area contributed by atoms with Crippen LogP contribution in [0, 0.1) is 0 Å². The number of hydrogen-bond donors (Lipinski definition) is 1. The van der Waals surface area contributed by atoms with Crippen molar-refractivity contribution in [1.29, 1.82) is 0 Å². The number of aliphatic hydroxyl groups excluding tert-OH is 1. The molecule has 4 heteroatoms. The third-order valence-electron chi connectivity index (χ3n) is 3.59. The molecule has 0 saturated heterocycles. The molecule has 1 unspecified atom stereocenters. The van der Waals surface area contributed by atoms with Crippen molar-refractivity contribution in [2.24, 2.45) is 0 Å². The lowest BCUT2D eigenvalue weighted by atomic mass is 10.1. The molecule has 21 heavy (non-hydrogen) atoms. The molecular weight excluding hydrogens is 284 g/mol. The highest BCUT2D eigenvalue weighted by Gasteiger charge is 2.13. The summed E-state index contributed by atoms with van der Waals surface area (Å²) in [5.74, 6) is 0. The average molecular weight is 305 g/mol. The topological polar surface area (TPSA) is 36.4 Å². The Kier molecular flexibility index (Phi) is 6.18. The van der Waals surface area contributed by atoms with Gasteiger partial charge in [0.15, 0.2) is 0 Å². The van der Waals surface area contributed by atoms with Gasteiger partial charge in [0, 0.05) is 30.5 Å². The van der Waals surface area contributed by atoms with Crippen molar-refractivity contribution in [3.63, 3.8) is 0 Å². The first kappa shape index (κ1) is 16.0. The van der Waals surface area contributed by atoms with E-state index in [1.807, 2.05) is 48.8 Å². The molecule has 0 radical (unpaired) electrons. The lowest BCUT2D eigenvalue weighted by Crippen LogP contribution is -2.25. The van der Waals surface area contributed by atoms with Crippen molar-refractivity contribution in [3.8, 4) is 0 Å². The molecule has 0 spiro atoms. The Hall–Kier alpha value is -1.42. The molecular formula is C17H21ClN2O. The van der Waals surface area contributed by atoms with Crippen LogP contribution in [0.5, 0.6) is 0 Å². The van der Waals surface area contributed by atoms with Gasteiger partial charge in [-0.15, -0.1) is 0 Å². The third kappa shape index (κ3) is 4.81. The monoisotopic (exact) mass is 304 g/mol. The third-order valence-corrected chi connectivity index (χ3v) is 3.93. The van der Waals surface area contributed by atoms with Gasteiger partial charge >= 0.3 is 0 Å². The van der Waals surface area contributed by atoms with Gasteiger partial charge in [-0.1, -0.05) is 36.7 Å². The minimum absolute atomic E-state index is 0.523. The van der Waals surface area contributed by atoms with Gasteiger partial charge in [-0.3, -0.25) is 9.88 Å². The van der Waals surface area contributed by atoms with Crippen molar-refractivity contribution in [2.45, 2.75) is 26.0 Å². The lowest BCUT2D eigenvalue weighted by molar-refractivity contribution is 0.141. The minimum Gasteiger partial charge on any atom is -0.388 e. The maximum absolute atomic E-state index is 10.3. The molecule has 1 aromatic carbocycles. The number of hydrogen-bond acceptors (Lipinski definition) is 3. The number of aromatic nitrogens is 1. The summed E-state index contributed by atoms with van der Waals surface area (Å²) in [4.78, 5) is 6.33. The normalized spacial score (nSPS) is 12.6. The number of halogens is 1. The van der Waals surface area contributed by atoms with Crippen LogP contribution in [-0.4, -0.2) is 28.1 Å². The molecule has 0 amide bonds. The maximum Gasteiger partial charge on any atom is 0.0816 e. The van der Waals surface area contributed by atoms with E-state index in [2.05, 4.69) is 16.8 Å². The highest BCUT2D eigenvalue weighted by atomic mass is 35.5. The van der Waals surface area contributed by atoms with Crippen molar-refractivity contribution >= 4 is 11.6 Å². The average Bonchev–Trinajstić information content (AvgIpc) is 2.52. The molecule has 0 aliphatic heterocycles. The molecule has 112 valence electrons. The predicted octanol–water partition coefficient (Wildman–Crippen LogP) is 3.68. The van der Waals surface area contributed by atoms with Gasteiger partial charge in [0.05, 0.1) is 6.10 Å². The molecule has 1 heterocycles. The fourth-order valence-electron chi connectivity index (χ4n) is 2.30. The summed E-state index contributed by atoms with van der Waals surface area (Å²) < 4.78 is 0. The quantitative estimate of drug-likeness (QED) is 0.847. The van der Waals surface area contributed by atoms with Crippen LogP contribution < -0.4 is 0 Å². The second kappa shape index (κ2) is 8.13. The van der Waals surface area contributed by atoms with Crippen LogP contribution in [0.1, 0.15) is 30.6 Å². The van der Waals surface area contributed by atoms with Crippen molar-refractivity contribution in [3.05, 3.63) is 64.9 Å². The Morgan fingerprint density at radius 2 is 1.90 bits per heavy atom. The van der Waals surface area contributed by atoms with Crippen LogP contribution in [0.4, 0.5) is 0 Å². The molecule has 0 saturated carbocycles. The van der Waals surface area contributed by atoms with Gasteiger partial charge < -0.3 is 5.11 Å². The van der Waals surface area contributed by atoms with Gasteiger partial charge in [-0.25, -0.2) is 0 Å². The van der Waals surface area contributed by atoms with Gasteiger partial charge in [0.1, 0.15) is 0 Å². The Bertz CT molecular complexity index is 547. The molecule has 0 fully saturated rings. The standard InChI is InChI=1S/C17H21ClN2O/c1-2-20(13-14-7-10-19-11-8-14)12-9-17(21)15-5-3-4-6-16(15)18/h3-8,10-11,17,21H,2,9,12-13H2,1H3. The molecule has 1 N–H and O–H groups in total. The van der Waals surface area contributed by atoms with Crippen LogP contribution in [0.25, 0.3) is 0 Å². The molecule has 2 rings (SSSR count). The Labute approximate surface area is 131 Å². The number of pyridine rings is 1. The highest BCUT2D eigenvalue weighted by Crippen LogP contribution is 2.25. The second-order valence-electron chi connectivity index (χ2n) is 5.05. The van der Waals surface area contributed by atoms with Gasteiger partial charge in [-0.2, -0.15) is 0 Å². The summed E-state index contributed by atoms with van der Waals surface area (Å²) >= 11 is 6.12. The summed E-state index contributed by atoms with van der Waals surface area (Å²) in [5, 5.41) is 10.9. The van der Waals surface area contributed by atoms with E-state index < -0.39 is 6.10 Å². The zero-order valence-electron chi connectivity index (χ0n) is 12.2. The van der Waals surface area contributed by atoms with E-state index in [-0.39, 0.29) is 0 Å². The van der Waals surface area contributed by atoms with Crippen LogP contribution in [0.3, 0.4) is 0 Å². The van der Waals surface area contributed by atoms with E-state index in [1.54, 1.807) is 0 Å². The van der Waals surface area contributed by atoms with Gasteiger partial charge in [-0.05, 0) is 42.3 Å².